The van der Waals surface area contributed by atoms with Crippen LogP contribution in [0.4, 0.5) is 0 Å². The van der Waals surface area contributed by atoms with Crippen LogP contribution in [0.25, 0.3) is 0 Å². The van der Waals surface area contributed by atoms with Gasteiger partial charge in [-0.05, 0) is 63.2 Å². The van der Waals surface area contributed by atoms with Crippen LogP contribution < -0.4 is 0 Å². The Labute approximate surface area is 154 Å². The predicted octanol–water partition coefficient (Wildman–Crippen LogP) is 4.07. The standard InChI is InChI=1S/C22H37NO2/c1-4-8-18-9-7-10-19(15-18)13-14-20-11-5-6-12-22(20)25-17-21(24)16-23(2)3/h7,9-10,15,20-22,24H,4-6,8,11-14,16-17H2,1-3H3/t20?,21-,22?/m0/s1. The summed E-state index contributed by atoms with van der Waals surface area (Å²) in [7, 11) is 3.97. The van der Waals surface area contributed by atoms with E-state index in [2.05, 4.69) is 31.2 Å². The molecule has 0 aliphatic heterocycles. The maximum absolute atomic E-state index is 10.1. The number of hydrogen-bond donors (Lipinski definition) is 1. The molecule has 0 bridgehead atoms. The molecule has 0 saturated heterocycles. The van der Waals surface area contributed by atoms with Crippen molar-refractivity contribution < 1.29 is 9.84 Å². The van der Waals surface area contributed by atoms with E-state index in [4.69, 9.17) is 4.74 Å². The lowest BCUT2D eigenvalue weighted by molar-refractivity contribution is -0.0556. The van der Waals surface area contributed by atoms with E-state index >= 15 is 0 Å². The summed E-state index contributed by atoms with van der Waals surface area (Å²) in [4.78, 5) is 2.01. The fourth-order valence-electron chi connectivity index (χ4n) is 4.01. The summed E-state index contributed by atoms with van der Waals surface area (Å²) in [6.07, 6.45) is 9.65. The van der Waals surface area contributed by atoms with E-state index in [1.807, 2.05) is 19.0 Å². The minimum atomic E-state index is -0.386. The Kier molecular flexibility index (Phi) is 8.94. The molecule has 0 amide bonds. The summed E-state index contributed by atoms with van der Waals surface area (Å²) in [6.45, 7) is 3.37. The molecule has 1 N–H and O–H groups in total. The Morgan fingerprint density at radius 3 is 2.60 bits per heavy atom. The van der Waals surface area contributed by atoms with Gasteiger partial charge in [-0.3, -0.25) is 0 Å². The first-order valence-corrected chi connectivity index (χ1v) is 10.1. The Bertz CT molecular complexity index is 489. The van der Waals surface area contributed by atoms with Crippen LogP contribution in [0.5, 0.6) is 0 Å². The third-order valence-corrected chi connectivity index (χ3v) is 5.25. The van der Waals surface area contributed by atoms with Gasteiger partial charge < -0.3 is 14.7 Å². The molecule has 1 saturated carbocycles. The fraction of sp³-hybridized carbons (Fsp3) is 0.727. The highest BCUT2D eigenvalue weighted by atomic mass is 16.5. The van der Waals surface area contributed by atoms with Crippen molar-refractivity contribution in [2.45, 2.75) is 70.5 Å². The summed E-state index contributed by atoms with van der Waals surface area (Å²) in [6, 6.07) is 9.08. The van der Waals surface area contributed by atoms with Gasteiger partial charge in [0.2, 0.25) is 0 Å². The normalized spacial score (nSPS) is 22.3. The zero-order valence-corrected chi connectivity index (χ0v) is 16.4. The van der Waals surface area contributed by atoms with E-state index in [0.29, 0.717) is 25.2 Å². The van der Waals surface area contributed by atoms with Gasteiger partial charge in [0.1, 0.15) is 0 Å². The number of rotatable bonds is 10. The molecule has 142 valence electrons. The quantitative estimate of drug-likeness (QED) is 0.692. The number of aryl methyl sites for hydroxylation is 2. The largest absolute Gasteiger partial charge is 0.389 e. The van der Waals surface area contributed by atoms with Crippen LogP contribution in [-0.4, -0.2) is 49.5 Å². The molecule has 1 aliphatic carbocycles. The molecule has 3 heteroatoms. The van der Waals surface area contributed by atoms with Crippen molar-refractivity contribution in [3.05, 3.63) is 35.4 Å². The zero-order chi connectivity index (χ0) is 18.1. The van der Waals surface area contributed by atoms with Gasteiger partial charge in [-0.15, -0.1) is 0 Å². The molecule has 1 fully saturated rings. The Balaban J connectivity index is 1.82. The van der Waals surface area contributed by atoms with Gasteiger partial charge in [-0.2, -0.15) is 0 Å². The smallest absolute Gasteiger partial charge is 0.0900 e. The number of aliphatic hydroxyl groups is 1. The summed E-state index contributed by atoms with van der Waals surface area (Å²) in [5.74, 6) is 0.634. The van der Waals surface area contributed by atoms with Gasteiger partial charge >= 0.3 is 0 Å². The first kappa shape index (κ1) is 20.4. The molecule has 2 rings (SSSR count). The number of benzene rings is 1. The van der Waals surface area contributed by atoms with Gasteiger partial charge in [0, 0.05) is 6.54 Å². The molecular formula is C22H37NO2. The van der Waals surface area contributed by atoms with Crippen molar-refractivity contribution in [2.24, 2.45) is 5.92 Å². The van der Waals surface area contributed by atoms with E-state index in [0.717, 1.165) is 12.8 Å². The maximum atomic E-state index is 10.1. The second kappa shape index (κ2) is 10.9. The number of ether oxygens (including phenoxy) is 1. The SMILES string of the molecule is CCCc1cccc(CCC2CCCCC2OC[C@@H](O)CN(C)C)c1. The van der Waals surface area contributed by atoms with E-state index in [1.54, 1.807) is 0 Å². The molecule has 0 spiro atoms. The Morgan fingerprint density at radius 2 is 1.88 bits per heavy atom. The lowest BCUT2D eigenvalue weighted by Gasteiger charge is -2.32. The highest BCUT2D eigenvalue weighted by molar-refractivity contribution is 5.23. The van der Waals surface area contributed by atoms with Crippen LogP contribution in [0.3, 0.4) is 0 Å². The fourth-order valence-corrected chi connectivity index (χ4v) is 4.01. The number of hydrogen-bond acceptors (Lipinski definition) is 3. The second-order valence-electron chi connectivity index (χ2n) is 7.94. The van der Waals surface area contributed by atoms with Gasteiger partial charge in [0.15, 0.2) is 0 Å². The van der Waals surface area contributed by atoms with E-state index in [1.165, 1.54) is 49.7 Å². The predicted molar refractivity (Wildman–Crippen MR) is 105 cm³/mol. The monoisotopic (exact) mass is 347 g/mol. The number of nitrogens with zero attached hydrogens (tertiary/aromatic N) is 1. The molecule has 0 radical (unpaired) electrons. The Morgan fingerprint density at radius 1 is 1.16 bits per heavy atom. The average Bonchev–Trinajstić information content (AvgIpc) is 2.59. The number of aliphatic hydroxyl groups excluding tert-OH is 1. The lowest BCUT2D eigenvalue weighted by atomic mass is 9.82. The summed E-state index contributed by atoms with van der Waals surface area (Å²) < 4.78 is 6.13. The third kappa shape index (κ3) is 7.47. The highest BCUT2D eigenvalue weighted by Crippen LogP contribution is 2.30. The van der Waals surface area contributed by atoms with E-state index < -0.39 is 0 Å². The molecule has 3 atom stereocenters. The van der Waals surface area contributed by atoms with Crippen molar-refractivity contribution in [3.8, 4) is 0 Å². The maximum Gasteiger partial charge on any atom is 0.0900 e. The van der Waals surface area contributed by atoms with Gasteiger partial charge in [0.05, 0.1) is 18.8 Å². The minimum Gasteiger partial charge on any atom is -0.389 e. The molecular weight excluding hydrogens is 310 g/mol. The van der Waals surface area contributed by atoms with Crippen LogP contribution in [0, 0.1) is 5.92 Å². The zero-order valence-electron chi connectivity index (χ0n) is 16.4. The third-order valence-electron chi connectivity index (χ3n) is 5.25. The molecule has 1 aliphatic rings. The molecule has 25 heavy (non-hydrogen) atoms. The molecule has 1 aromatic carbocycles. The van der Waals surface area contributed by atoms with Crippen LogP contribution in [-0.2, 0) is 17.6 Å². The molecule has 3 nitrogen and oxygen atoms in total. The first-order chi connectivity index (χ1) is 12.1. The van der Waals surface area contributed by atoms with Gasteiger partial charge in [-0.25, -0.2) is 0 Å². The summed E-state index contributed by atoms with van der Waals surface area (Å²) in [5, 5.41) is 10.1. The van der Waals surface area contributed by atoms with Crippen LogP contribution in [0.1, 0.15) is 56.6 Å². The van der Waals surface area contributed by atoms with Crippen LogP contribution in [0.2, 0.25) is 0 Å². The van der Waals surface area contributed by atoms with Crippen molar-refractivity contribution in [3.63, 3.8) is 0 Å². The number of likely N-dealkylation sites (N-methyl/N-ethyl adjacent to an activating group) is 1. The lowest BCUT2D eigenvalue weighted by Crippen LogP contribution is -2.35. The first-order valence-electron chi connectivity index (χ1n) is 10.1. The van der Waals surface area contributed by atoms with Crippen molar-refractivity contribution in [1.29, 1.82) is 0 Å². The minimum absolute atomic E-state index is 0.324. The Hall–Kier alpha value is -0.900. The van der Waals surface area contributed by atoms with Crippen LogP contribution in [0.15, 0.2) is 24.3 Å². The molecule has 1 aromatic rings. The van der Waals surface area contributed by atoms with Crippen molar-refractivity contribution in [2.75, 3.05) is 27.2 Å². The molecule has 0 heterocycles. The average molecular weight is 348 g/mol. The molecule has 2 unspecified atom stereocenters. The molecule has 0 aromatic heterocycles. The highest BCUT2D eigenvalue weighted by Gasteiger charge is 2.26. The van der Waals surface area contributed by atoms with Gasteiger partial charge in [-0.1, -0.05) is 50.5 Å². The van der Waals surface area contributed by atoms with Gasteiger partial charge in [0.25, 0.3) is 0 Å². The van der Waals surface area contributed by atoms with E-state index in [9.17, 15) is 5.11 Å². The topological polar surface area (TPSA) is 32.7 Å². The summed E-state index contributed by atoms with van der Waals surface area (Å²) in [5.41, 5.74) is 2.92. The van der Waals surface area contributed by atoms with Crippen molar-refractivity contribution in [1.82, 2.24) is 4.90 Å². The van der Waals surface area contributed by atoms with Crippen LogP contribution >= 0.6 is 0 Å². The summed E-state index contributed by atoms with van der Waals surface area (Å²) >= 11 is 0. The van der Waals surface area contributed by atoms with E-state index in [-0.39, 0.29) is 6.10 Å². The van der Waals surface area contributed by atoms with Crippen molar-refractivity contribution >= 4 is 0 Å². The second-order valence-corrected chi connectivity index (χ2v) is 7.94.